The summed E-state index contributed by atoms with van der Waals surface area (Å²) in [6.45, 7) is 7.26. The maximum absolute atomic E-state index is 12.2. The number of nitrogens with one attached hydrogen (secondary N) is 2. The van der Waals surface area contributed by atoms with Gasteiger partial charge in [0.1, 0.15) is 0 Å². The Bertz CT molecular complexity index is 479. The largest absolute Gasteiger partial charge is 0.339 e. The molecule has 0 unspecified atom stereocenters. The molecule has 2 aliphatic heterocycles. The van der Waals surface area contributed by atoms with E-state index in [-0.39, 0.29) is 5.91 Å². The summed E-state index contributed by atoms with van der Waals surface area (Å²) < 4.78 is 0. The van der Waals surface area contributed by atoms with Gasteiger partial charge in [-0.05, 0) is 31.5 Å². The molecule has 1 aromatic carbocycles. The quantitative estimate of drug-likeness (QED) is 0.838. The number of nitrogens with zero attached hydrogens (tertiary/aromatic N) is 2. The molecule has 0 atom stereocenters. The first-order valence-electron chi connectivity index (χ1n) is 8.79. The summed E-state index contributed by atoms with van der Waals surface area (Å²) in [5.41, 5.74) is 1.38. The van der Waals surface area contributed by atoms with Crippen LogP contribution in [0.15, 0.2) is 30.3 Å². The van der Waals surface area contributed by atoms with Crippen LogP contribution >= 0.6 is 0 Å². The van der Waals surface area contributed by atoms with E-state index in [2.05, 4.69) is 45.9 Å². The molecule has 0 saturated carbocycles. The topological polar surface area (TPSA) is 47.6 Å². The average Bonchev–Trinajstić information content (AvgIpc) is 2.62. The highest BCUT2D eigenvalue weighted by Gasteiger charge is 2.21. The third-order valence-electron chi connectivity index (χ3n) is 4.85. The Hall–Kier alpha value is -1.43. The van der Waals surface area contributed by atoms with Crippen molar-refractivity contribution in [2.24, 2.45) is 0 Å². The third kappa shape index (κ3) is 5.03. The lowest BCUT2D eigenvalue weighted by Crippen LogP contribution is -2.51. The fraction of sp³-hybridized carbons (Fsp3) is 0.611. The first-order chi connectivity index (χ1) is 11.3. The number of likely N-dealkylation sites (tertiary alicyclic amines) is 1. The van der Waals surface area contributed by atoms with E-state index < -0.39 is 0 Å². The first kappa shape index (κ1) is 16.4. The molecule has 2 N–H and O–H groups in total. The maximum Gasteiger partial charge on any atom is 0.236 e. The Kier molecular flexibility index (Phi) is 6.02. The zero-order valence-electron chi connectivity index (χ0n) is 13.8. The number of hydrogen-bond donors (Lipinski definition) is 2. The van der Waals surface area contributed by atoms with Crippen LogP contribution in [-0.4, -0.2) is 67.6 Å². The summed E-state index contributed by atoms with van der Waals surface area (Å²) >= 11 is 0. The predicted molar refractivity (Wildman–Crippen MR) is 92.2 cm³/mol. The number of rotatable bonds is 5. The number of amides is 1. The van der Waals surface area contributed by atoms with E-state index in [1.54, 1.807) is 0 Å². The molecule has 0 aromatic heterocycles. The van der Waals surface area contributed by atoms with Crippen molar-refractivity contribution in [3.05, 3.63) is 35.9 Å². The highest BCUT2D eigenvalue weighted by Crippen LogP contribution is 2.13. The molecule has 2 aliphatic rings. The lowest BCUT2D eigenvalue weighted by atomic mass is 10.0. The van der Waals surface area contributed by atoms with Gasteiger partial charge in [-0.25, -0.2) is 0 Å². The van der Waals surface area contributed by atoms with Crippen molar-refractivity contribution in [3.8, 4) is 0 Å². The van der Waals surface area contributed by atoms with E-state index >= 15 is 0 Å². The number of benzene rings is 1. The van der Waals surface area contributed by atoms with E-state index in [0.717, 1.165) is 58.7 Å². The van der Waals surface area contributed by atoms with Gasteiger partial charge in [0, 0.05) is 38.8 Å². The molecule has 5 heteroatoms. The monoisotopic (exact) mass is 316 g/mol. The maximum atomic E-state index is 12.2. The minimum absolute atomic E-state index is 0.248. The second-order valence-corrected chi connectivity index (χ2v) is 6.55. The molecule has 0 aliphatic carbocycles. The Morgan fingerprint density at radius 2 is 1.78 bits per heavy atom. The van der Waals surface area contributed by atoms with E-state index in [9.17, 15) is 4.79 Å². The molecule has 1 aromatic rings. The fourth-order valence-corrected chi connectivity index (χ4v) is 3.39. The fourth-order valence-electron chi connectivity index (χ4n) is 3.39. The smallest absolute Gasteiger partial charge is 0.236 e. The SMILES string of the molecule is O=C(CNC1CCN(Cc2ccccc2)CC1)N1CCNCC1. The molecule has 0 spiro atoms. The summed E-state index contributed by atoms with van der Waals surface area (Å²) in [5.74, 6) is 0.248. The van der Waals surface area contributed by atoms with E-state index in [1.807, 2.05) is 4.90 Å². The van der Waals surface area contributed by atoms with Crippen molar-refractivity contribution in [2.75, 3.05) is 45.8 Å². The Labute approximate surface area is 139 Å². The molecule has 2 saturated heterocycles. The molecule has 126 valence electrons. The molecule has 23 heavy (non-hydrogen) atoms. The molecule has 0 radical (unpaired) electrons. The molecule has 5 nitrogen and oxygen atoms in total. The van der Waals surface area contributed by atoms with Gasteiger partial charge in [-0.1, -0.05) is 30.3 Å². The highest BCUT2D eigenvalue weighted by atomic mass is 16.2. The molecule has 3 rings (SSSR count). The number of piperidine rings is 1. The highest BCUT2D eigenvalue weighted by molar-refractivity contribution is 5.78. The minimum atomic E-state index is 0.248. The first-order valence-corrected chi connectivity index (χ1v) is 8.79. The van der Waals surface area contributed by atoms with Gasteiger partial charge in [0.05, 0.1) is 6.54 Å². The molecule has 1 amide bonds. The van der Waals surface area contributed by atoms with Gasteiger partial charge in [-0.15, -0.1) is 0 Å². The number of carbonyl (C=O) groups excluding carboxylic acids is 1. The standard InChI is InChI=1S/C18H28N4O/c23-18(22-12-8-19-9-13-22)14-20-17-6-10-21(11-7-17)15-16-4-2-1-3-5-16/h1-5,17,19-20H,6-15H2. The van der Waals surface area contributed by atoms with Crippen LogP contribution in [0.2, 0.25) is 0 Å². The number of carbonyl (C=O) groups is 1. The van der Waals surface area contributed by atoms with Gasteiger partial charge >= 0.3 is 0 Å². The summed E-state index contributed by atoms with van der Waals surface area (Å²) in [6.07, 6.45) is 2.25. The second-order valence-electron chi connectivity index (χ2n) is 6.55. The van der Waals surface area contributed by atoms with Crippen molar-refractivity contribution in [3.63, 3.8) is 0 Å². The summed E-state index contributed by atoms with van der Waals surface area (Å²) in [6, 6.07) is 11.1. The van der Waals surface area contributed by atoms with Gasteiger partial charge in [0.15, 0.2) is 0 Å². The minimum Gasteiger partial charge on any atom is -0.339 e. The van der Waals surface area contributed by atoms with Crippen LogP contribution in [0.5, 0.6) is 0 Å². The zero-order chi connectivity index (χ0) is 15.9. The van der Waals surface area contributed by atoms with E-state index in [0.29, 0.717) is 12.6 Å². The average molecular weight is 316 g/mol. The van der Waals surface area contributed by atoms with Crippen LogP contribution in [0.4, 0.5) is 0 Å². The van der Waals surface area contributed by atoms with Gasteiger partial charge < -0.3 is 15.5 Å². The number of piperazine rings is 1. The van der Waals surface area contributed by atoms with Crippen molar-refractivity contribution >= 4 is 5.91 Å². The van der Waals surface area contributed by atoms with Gasteiger partial charge in [0.2, 0.25) is 5.91 Å². The third-order valence-corrected chi connectivity index (χ3v) is 4.85. The van der Waals surface area contributed by atoms with Gasteiger partial charge in [0.25, 0.3) is 0 Å². The van der Waals surface area contributed by atoms with Crippen LogP contribution in [0.1, 0.15) is 18.4 Å². The number of hydrogen-bond acceptors (Lipinski definition) is 4. The molecular weight excluding hydrogens is 288 g/mol. The molecule has 2 fully saturated rings. The van der Waals surface area contributed by atoms with Crippen LogP contribution in [0.25, 0.3) is 0 Å². The Morgan fingerprint density at radius 1 is 1.09 bits per heavy atom. The van der Waals surface area contributed by atoms with E-state index in [4.69, 9.17) is 0 Å². The lowest BCUT2D eigenvalue weighted by Gasteiger charge is -2.33. The van der Waals surface area contributed by atoms with Gasteiger partial charge in [-0.3, -0.25) is 9.69 Å². The Balaban J connectivity index is 1.35. The summed E-state index contributed by atoms with van der Waals surface area (Å²) in [7, 11) is 0. The van der Waals surface area contributed by atoms with Crippen LogP contribution in [-0.2, 0) is 11.3 Å². The Morgan fingerprint density at radius 3 is 2.48 bits per heavy atom. The van der Waals surface area contributed by atoms with Crippen LogP contribution in [0, 0.1) is 0 Å². The van der Waals surface area contributed by atoms with Crippen molar-refractivity contribution < 1.29 is 4.79 Å². The molecule has 0 bridgehead atoms. The second kappa shape index (κ2) is 8.43. The summed E-state index contributed by atoms with van der Waals surface area (Å²) in [4.78, 5) is 16.6. The molecule has 2 heterocycles. The molecular formula is C18H28N4O. The van der Waals surface area contributed by atoms with Crippen molar-refractivity contribution in [2.45, 2.75) is 25.4 Å². The summed E-state index contributed by atoms with van der Waals surface area (Å²) in [5, 5.41) is 6.74. The van der Waals surface area contributed by atoms with E-state index in [1.165, 1.54) is 5.56 Å². The van der Waals surface area contributed by atoms with Crippen LogP contribution in [0.3, 0.4) is 0 Å². The zero-order valence-corrected chi connectivity index (χ0v) is 13.8. The van der Waals surface area contributed by atoms with Crippen molar-refractivity contribution in [1.82, 2.24) is 20.4 Å². The van der Waals surface area contributed by atoms with Crippen LogP contribution < -0.4 is 10.6 Å². The normalized spacial score (nSPS) is 20.6. The van der Waals surface area contributed by atoms with Gasteiger partial charge in [-0.2, -0.15) is 0 Å². The van der Waals surface area contributed by atoms with Crippen molar-refractivity contribution in [1.29, 1.82) is 0 Å². The lowest BCUT2D eigenvalue weighted by molar-refractivity contribution is -0.131. The predicted octanol–water partition coefficient (Wildman–Crippen LogP) is 0.672.